The molecule has 0 bridgehead atoms. The molecule has 8 nitrogen and oxygen atoms in total. The summed E-state index contributed by atoms with van der Waals surface area (Å²) >= 11 is 0. The molecule has 264 valence electrons. The first-order valence-corrected chi connectivity index (χ1v) is 19.6. The monoisotopic (exact) mass is 656 g/mol. The summed E-state index contributed by atoms with van der Waals surface area (Å²) in [6.45, 7) is 4.03. The molecule has 0 aromatic heterocycles. The van der Waals surface area contributed by atoms with Gasteiger partial charge >= 0.3 is 7.82 Å². The van der Waals surface area contributed by atoms with Crippen molar-refractivity contribution >= 4 is 13.7 Å². The van der Waals surface area contributed by atoms with Crippen molar-refractivity contribution in [3.63, 3.8) is 0 Å². The van der Waals surface area contributed by atoms with Crippen LogP contribution in [0, 0.1) is 0 Å². The average molecular weight is 657 g/mol. The van der Waals surface area contributed by atoms with Crippen molar-refractivity contribution in [1.82, 2.24) is 5.32 Å². The molecule has 0 fully saturated rings. The van der Waals surface area contributed by atoms with Gasteiger partial charge in [-0.1, -0.05) is 140 Å². The van der Waals surface area contributed by atoms with Gasteiger partial charge in [-0.3, -0.25) is 13.8 Å². The minimum Gasteiger partial charge on any atom is -0.387 e. The summed E-state index contributed by atoms with van der Waals surface area (Å²) in [5, 5.41) is 13.6. The highest BCUT2D eigenvalue weighted by molar-refractivity contribution is 7.47. The average Bonchev–Trinajstić information content (AvgIpc) is 3.02. The Morgan fingerprint density at radius 3 is 1.84 bits per heavy atom. The standard InChI is InChI=1S/C36H69N2O6P/c1-3-5-7-9-11-13-15-17-19-21-23-25-27-29-35(39)34(33-44-45(41,42)43-32-31-37)38-36(40)30-28-26-24-22-20-18-16-14-12-10-8-6-4-2/h8,10,14,16,27,29,34-35,39H,3-7,9,11-13,15,17-26,28,30-33,37H2,1-2H3,(H,38,40)(H,41,42)/b10-8-,16-14-,29-27+. The summed E-state index contributed by atoms with van der Waals surface area (Å²) in [6, 6.07) is -0.864. The fourth-order valence-corrected chi connectivity index (χ4v) is 5.69. The van der Waals surface area contributed by atoms with E-state index < -0.39 is 20.0 Å². The van der Waals surface area contributed by atoms with Crippen molar-refractivity contribution < 1.29 is 28.4 Å². The number of nitrogens with one attached hydrogen (secondary N) is 1. The molecule has 0 radical (unpaired) electrons. The summed E-state index contributed by atoms with van der Waals surface area (Å²) < 4.78 is 22.0. The van der Waals surface area contributed by atoms with Gasteiger partial charge in [-0.15, -0.1) is 0 Å². The van der Waals surface area contributed by atoms with Crippen LogP contribution < -0.4 is 11.1 Å². The Morgan fingerprint density at radius 1 is 0.733 bits per heavy atom. The molecule has 3 atom stereocenters. The first-order valence-electron chi connectivity index (χ1n) is 18.1. The zero-order chi connectivity index (χ0) is 33.3. The molecule has 0 aliphatic rings. The van der Waals surface area contributed by atoms with Gasteiger partial charge in [0, 0.05) is 13.0 Å². The van der Waals surface area contributed by atoms with Crippen LogP contribution >= 0.6 is 7.82 Å². The number of nitrogens with two attached hydrogens (primary N) is 1. The maximum atomic E-state index is 12.6. The largest absolute Gasteiger partial charge is 0.472 e. The van der Waals surface area contributed by atoms with E-state index in [4.69, 9.17) is 14.8 Å². The highest BCUT2D eigenvalue weighted by Crippen LogP contribution is 2.43. The number of phosphoric acid groups is 1. The van der Waals surface area contributed by atoms with Gasteiger partial charge < -0.3 is 21.1 Å². The van der Waals surface area contributed by atoms with Crippen LogP contribution in [0.1, 0.15) is 155 Å². The van der Waals surface area contributed by atoms with Gasteiger partial charge in [0.25, 0.3) is 0 Å². The van der Waals surface area contributed by atoms with Crippen molar-refractivity contribution in [1.29, 1.82) is 0 Å². The van der Waals surface area contributed by atoms with Crippen molar-refractivity contribution in [3.8, 4) is 0 Å². The smallest absolute Gasteiger partial charge is 0.387 e. The van der Waals surface area contributed by atoms with Crippen LogP contribution in [0.25, 0.3) is 0 Å². The Bertz CT molecular complexity index is 804. The number of aliphatic hydroxyl groups excluding tert-OH is 1. The second kappa shape index (κ2) is 32.7. The molecule has 0 saturated carbocycles. The number of carbonyl (C=O) groups is 1. The van der Waals surface area contributed by atoms with Gasteiger partial charge in [0.05, 0.1) is 25.4 Å². The number of amides is 1. The van der Waals surface area contributed by atoms with E-state index in [1.165, 1.54) is 64.2 Å². The molecule has 5 N–H and O–H groups in total. The lowest BCUT2D eigenvalue weighted by Crippen LogP contribution is -2.45. The molecule has 3 unspecified atom stereocenters. The number of hydrogen-bond donors (Lipinski definition) is 4. The molecule has 1 amide bonds. The second-order valence-corrected chi connectivity index (χ2v) is 13.5. The quantitative estimate of drug-likeness (QED) is 0.0315. The predicted molar refractivity (Wildman–Crippen MR) is 189 cm³/mol. The van der Waals surface area contributed by atoms with Crippen LogP contribution in [0.3, 0.4) is 0 Å². The minimum absolute atomic E-state index is 0.0753. The van der Waals surface area contributed by atoms with E-state index in [1.54, 1.807) is 6.08 Å². The molecule has 0 aromatic carbocycles. The van der Waals surface area contributed by atoms with Gasteiger partial charge in [0.2, 0.25) is 5.91 Å². The Balaban J connectivity index is 4.39. The van der Waals surface area contributed by atoms with Gasteiger partial charge in [0.1, 0.15) is 0 Å². The molecule has 0 aliphatic carbocycles. The summed E-state index contributed by atoms with van der Waals surface area (Å²) in [4.78, 5) is 22.5. The molecular formula is C36H69N2O6P. The molecule has 0 spiro atoms. The summed E-state index contributed by atoms with van der Waals surface area (Å²) in [5.74, 6) is -0.212. The van der Waals surface area contributed by atoms with Gasteiger partial charge in [-0.25, -0.2) is 4.57 Å². The van der Waals surface area contributed by atoms with E-state index >= 15 is 0 Å². The van der Waals surface area contributed by atoms with E-state index in [1.807, 2.05) is 6.08 Å². The Hall–Kier alpha value is -1.28. The van der Waals surface area contributed by atoms with Crippen molar-refractivity contribution in [2.75, 3.05) is 19.8 Å². The number of rotatable bonds is 33. The highest BCUT2D eigenvalue weighted by Gasteiger charge is 2.26. The molecule has 45 heavy (non-hydrogen) atoms. The van der Waals surface area contributed by atoms with Crippen LogP contribution in [0.4, 0.5) is 0 Å². The minimum atomic E-state index is -4.33. The van der Waals surface area contributed by atoms with E-state index in [9.17, 15) is 19.4 Å². The Morgan fingerprint density at radius 2 is 1.27 bits per heavy atom. The lowest BCUT2D eigenvalue weighted by atomic mass is 10.0. The van der Waals surface area contributed by atoms with Crippen LogP contribution in [0.5, 0.6) is 0 Å². The number of unbranched alkanes of at least 4 members (excludes halogenated alkanes) is 17. The zero-order valence-corrected chi connectivity index (χ0v) is 29.7. The van der Waals surface area contributed by atoms with Crippen LogP contribution in [-0.4, -0.2) is 47.8 Å². The first-order chi connectivity index (χ1) is 21.9. The number of aliphatic hydroxyl groups is 1. The fourth-order valence-electron chi connectivity index (χ4n) is 4.93. The molecule has 0 heterocycles. The third-order valence-electron chi connectivity index (χ3n) is 7.69. The molecule has 0 aromatic rings. The lowest BCUT2D eigenvalue weighted by molar-refractivity contribution is -0.123. The van der Waals surface area contributed by atoms with Crippen molar-refractivity contribution in [2.24, 2.45) is 5.73 Å². The van der Waals surface area contributed by atoms with Gasteiger partial charge in [-0.05, 0) is 44.9 Å². The number of carbonyl (C=O) groups excluding carboxylic acids is 1. The lowest BCUT2D eigenvalue weighted by Gasteiger charge is -2.23. The molecular weight excluding hydrogens is 587 g/mol. The maximum absolute atomic E-state index is 12.6. The van der Waals surface area contributed by atoms with E-state index in [2.05, 4.69) is 43.5 Å². The van der Waals surface area contributed by atoms with E-state index in [0.29, 0.717) is 6.42 Å². The van der Waals surface area contributed by atoms with Crippen LogP contribution in [0.15, 0.2) is 36.5 Å². The van der Waals surface area contributed by atoms with Gasteiger partial charge in [0.15, 0.2) is 0 Å². The third-order valence-corrected chi connectivity index (χ3v) is 8.68. The maximum Gasteiger partial charge on any atom is 0.472 e. The normalized spacial score (nSPS) is 14.9. The topological polar surface area (TPSA) is 131 Å². The van der Waals surface area contributed by atoms with E-state index in [0.717, 1.165) is 70.6 Å². The van der Waals surface area contributed by atoms with Crippen molar-refractivity contribution in [2.45, 2.75) is 167 Å². The number of phosphoric ester groups is 1. The molecule has 0 aliphatic heterocycles. The number of allylic oxidation sites excluding steroid dienone is 5. The highest BCUT2D eigenvalue weighted by atomic mass is 31.2. The second-order valence-electron chi connectivity index (χ2n) is 12.1. The molecule has 0 rings (SSSR count). The van der Waals surface area contributed by atoms with Crippen molar-refractivity contribution in [3.05, 3.63) is 36.5 Å². The Kier molecular flexibility index (Phi) is 31.7. The fraction of sp³-hybridized carbons (Fsp3) is 0.806. The number of hydrogen-bond acceptors (Lipinski definition) is 6. The molecule has 9 heteroatoms. The summed E-state index contributed by atoms with van der Waals surface area (Å²) in [5.41, 5.74) is 5.34. The van der Waals surface area contributed by atoms with Crippen LogP contribution in [-0.2, 0) is 18.4 Å². The SMILES string of the molecule is CCC/C=C\C/C=C\CCCCCCCC(=O)NC(COP(=O)(O)OCCN)C(O)/C=C/CCCCCCCCCCCCC. The first kappa shape index (κ1) is 43.7. The summed E-state index contributed by atoms with van der Waals surface area (Å²) in [7, 11) is -4.33. The van der Waals surface area contributed by atoms with Gasteiger partial charge in [-0.2, -0.15) is 0 Å². The summed E-state index contributed by atoms with van der Waals surface area (Å²) in [6.07, 6.45) is 36.1. The predicted octanol–water partition coefficient (Wildman–Crippen LogP) is 9.22. The van der Waals surface area contributed by atoms with Crippen LogP contribution in [0.2, 0.25) is 0 Å². The molecule has 0 saturated heterocycles. The third kappa shape index (κ3) is 31.1. The van der Waals surface area contributed by atoms with E-state index in [-0.39, 0.29) is 25.7 Å². The zero-order valence-electron chi connectivity index (χ0n) is 28.8. The Labute approximate surface area is 276 Å².